The van der Waals surface area contributed by atoms with Crippen LogP contribution in [-0.2, 0) is 0 Å². The molecule has 32 heavy (non-hydrogen) atoms. The maximum Gasteiger partial charge on any atom is 0.161 e. The van der Waals surface area contributed by atoms with Crippen molar-refractivity contribution >= 4 is 11.6 Å². The van der Waals surface area contributed by atoms with Gasteiger partial charge in [-0.15, -0.1) is 0 Å². The summed E-state index contributed by atoms with van der Waals surface area (Å²) in [6, 6.07) is 12.2. The minimum Gasteiger partial charge on any atom is -0.507 e. The maximum absolute atomic E-state index is 10.3. The lowest BCUT2D eigenvalue weighted by Crippen LogP contribution is -2.02. The summed E-state index contributed by atoms with van der Waals surface area (Å²) in [5, 5.41) is 44.6. The number of phenols is 2. The first-order valence-corrected chi connectivity index (χ1v) is 10.3. The third-order valence-electron chi connectivity index (χ3n) is 4.60. The molecule has 1 aromatic heterocycles. The molecule has 3 aromatic rings. The normalized spacial score (nSPS) is 10.3. The number of H-pyrrole nitrogens is 1. The molecule has 0 spiro atoms. The lowest BCUT2D eigenvalue weighted by molar-refractivity contribution is 0.264. The van der Waals surface area contributed by atoms with Gasteiger partial charge in [-0.25, -0.2) is 0 Å². The zero-order chi connectivity index (χ0) is 22.9. The van der Waals surface area contributed by atoms with Crippen LogP contribution in [0.25, 0.3) is 22.4 Å². The summed E-state index contributed by atoms with van der Waals surface area (Å²) in [4.78, 5) is 0. The number of halogens is 1. The Labute approximate surface area is 190 Å². The Kier molecular flexibility index (Phi) is 7.80. The number of phenolic OH excluding ortho intramolecular Hbond substituents is 2. The average Bonchev–Trinajstić information content (AvgIpc) is 3.27. The van der Waals surface area contributed by atoms with Gasteiger partial charge in [0, 0.05) is 36.2 Å². The molecule has 0 unspecified atom stereocenters. The number of nitrogens with one attached hydrogen (secondary N) is 1. The van der Waals surface area contributed by atoms with Gasteiger partial charge in [0.15, 0.2) is 11.5 Å². The minimum atomic E-state index is -0.226. The molecule has 8 nitrogen and oxygen atoms in total. The van der Waals surface area contributed by atoms with Crippen molar-refractivity contribution < 1.29 is 19.7 Å². The van der Waals surface area contributed by atoms with Crippen LogP contribution < -0.4 is 9.47 Å². The molecule has 9 heteroatoms. The molecule has 0 atom stereocenters. The molecule has 164 valence electrons. The van der Waals surface area contributed by atoms with Crippen molar-refractivity contribution in [3.63, 3.8) is 0 Å². The van der Waals surface area contributed by atoms with Crippen molar-refractivity contribution in [3.05, 3.63) is 41.6 Å². The van der Waals surface area contributed by atoms with Gasteiger partial charge in [0.2, 0.25) is 0 Å². The molecule has 1 heterocycles. The van der Waals surface area contributed by atoms with Crippen LogP contribution in [0.2, 0.25) is 5.02 Å². The number of ether oxygens (including phenoxy) is 2. The molecule has 0 fully saturated rings. The summed E-state index contributed by atoms with van der Waals surface area (Å²) in [6.07, 6.45) is 3.63. The van der Waals surface area contributed by atoms with Crippen molar-refractivity contribution in [2.45, 2.75) is 25.7 Å². The number of rotatable bonds is 10. The topological polar surface area (TPSA) is 135 Å². The summed E-state index contributed by atoms with van der Waals surface area (Å²) in [7, 11) is 0. The van der Waals surface area contributed by atoms with Gasteiger partial charge in [-0.05, 0) is 36.6 Å². The minimum absolute atomic E-state index is 0.0920. The fourth-order valence-corrected chi connectivity index (χ4v) is 3.19. The van der Waals surface area contributed by atoms with Crippen molar-refractivity contribution in [1.29, 1.82) is 10.5 Å². The number of benzene rings is 2. The molecule has 2 aromatic carbocycles. The highest BCUT2D eigenvalue weighted by Crippen LogP contribution is 2.41. The summed E-state index contributed by atoms with van der Waals surface area (Å²) < 4.78 is 11.6. The quantitative estimate of drug-likeness (QED) is 0.361. The maximum atomic E-state index is 10.3. The van der Waals surface area contributed by atoms with E-state index in [1.54, 1.807) is 18.3 Å². The van der Waals surface area contributed by atoms with E-state index in [0.29, 0.717) is 67.2 Å². The number of hydrogen-bond acceptors (Lipinski definition) is 7. The van der Waals surface area contributed by atoms with E-state index >= 15 is 0 Å². The molecule has 3 N–H and O–H groups in total. The van der Waals surface area contributed by atoms with Crippen molar-refractivity contribution in [2.75, 3.05) is 13.2 Å². The molecule has 0 aliphatic rings. The highest BCUT2D eigenvalue weighted by Gasteiger charge is 2.18. The van der Waals surface area contributed by atoms with Gasteiger partial charge in [-0.1, -0.05) is 17.7 Å². The molecule has 0 amide bonds. The first-order valence-electron chi connectivity index (χ1n) is 9.94. The van der Waals surface area contributed by atoms with Gasteiger partial charge in [0.25, 0.3) is 0 Å². The Morgan fingerprint density at radius 1 is 0.906 bits per heavy atom. The predicted molar refractivity (Wildman–Crippen MR) is 118 cm³/mol. The standard InChI is InChI=1S/C23H21ClN4O4/c24-18-12-16(19(29)13-20(18)30)23-17(14-27-28-23)15-5-6-21(31-9-3-1-7-25)22(11-15)32-10-4-2-8-26/h5-6,11-14,29-30H,1-4,9-10H2,(H,27,28). The van der Waals surface area contributed by atoms with Crippen LogP contribution in [0.3, 0.4) is 0 Å². The molecule has 0 aliphatic carbocycles. The van der Waals surface area contributed by atoms with E-state index in [4.69, 9.17) is 31.6 Å². The number of nitriles is 2. The van der Waals surface area contributed by atoms with Crippen LogP contribution in [0, 0.1) is 22.7 Å². The molecule has 0 bridgehead atoms. The summed E-state index contributed by atoms with van der Waals surface area (Å²) in [5.74, 6) is 0.642. The van der Waals surface area contributed by atoms with Crippen molar-refractivity contribution in [1.82, 2.24) is 10.2 Å². The third kappa shape index (κ3) is 5.42. The Morgan fingerprint density at radius 3 is 2.28 bits per heavy atom. The molecule has 0 saturated carbocycles. The van der Waals surface area contributed by atoms with Gasteiger partial charge >= 0.3 is 0 Å². The van der Waals surface area contributed by atoms with Crippen LogP contribution in [0.15, 0.2) is 36.5 Å². The lowest BCUT2D eigenvalue weighted by Gasteiger charge is -2.14. The van der Waals surface area contributed by atoms with Crippen LogP contribution >= 0.6 is 11.6 Å². The zero-order valence-electron chi connectivity index (χ0n) is 17.1. The van der Waals surface area contributed by atoms with E-state index in [1.807, 2.05) is 6.07 Å². The molecule has 0 saturated heterocycles. The number of nitrogens with zero attached hydrogens (tertiary/aromatic N) is 3. The lowest BCUT2D eigenvalue weighted by atomic mass is 10.0. The number of unbranched alkanes of at least 4 members (excludes halogenated alkanes) is 2. The summed E-state index contributed by atoms with van der Waals surface area (Å²) in [6.45, 7) is 0.719. The fraction of sp³-hybridized carbons (Fsp3) is 0.261. The van der Waals surface area contributed by atoms with Gasteiger partial charge in [-0.2, -0.15) is 15.6 Å². The van der Waals surface area contributed by atoms with Crippen LogP contribution in [-0.4, -0.2) is 33.6 Å². The van der Waals surface area contributed by atoms with E-state index in [1.165, 1.54) is 6.07 Å². The van der Waals surface area contributed by atoms with E-state index < -0.39 is 0 Å². The summed E-state index contributed by atoms with van der Waals surface area (Å²) >= 11 is 6.02. The van der Waals surface area contributed by atoms with Crippen LogP contribution in [0.5, 0.6) is 23.0 Å². The molecule has 3 rings (SSSR count). The Morgan fingerprint density at radius 2 is 1.59 bits per heavy atom. The Hall–Kier alpha value is -3.88. The summed E-state index contributed by atoms with van der Waals surface area (Å²) in [5.41, 5.74) is 2.23. The second-order valence-corrected chi connectivity index (χ2v) is 7.26. The second kappa shape index (κ2) is 10.9. The number of aromatic hydroxyl groups is 2. The zero-order valence-corrected chi connectivity index (χ0v) is 17.9. The van der Waals surface area contributed by atoms with Crippen LogP contribution in [0.1, 0.15) is 25.7 Å². The van der Waals surface area contributed by atoms with Crippen molar-refractivity contribution in [3.8, 4) is 57.5 Å². The monoisotopic (exact) mass is 452 g/mol. The number of aromatic amines is 1. The first kappa shape index (κ1) is 22.8. The van der Waals surface area contributed by atoms with E-state index in [0.717, 1.165) is 11.6 Å². The van der Waals surface area contributed by atoms with Gasteiger partial charge < -0.3 is 19.7 Å². The molecular formula is C23H21ClN4O4. The fourth-order valence-electron chi connectivity index (χ4n) is 3.03. The van der Waals surface area contributed by atoms with Gasteiger partial charge in [0.1, 0.15) is 17.2 Å². The van der Waals surface area contributed by atoms with E-state index in [2.05, 4.69) is 22.3 Å². The third-order valence-corrected chi connectivity index (χ3v) is 4.90. The van der Waals surface area contributed by atoms with E-state index in [9.17, 15) is 10.2 Å². The largest absolute Gasteiger partial charge is 0.507 e. The second-order valence-electron chi connectivity index (χ2n) is 6.85. The first-order chi connectivity index (χ1) is 15.5. The molecule has 0 radical (unpaired) electrons. The Balaban J connectivity index is 1.93. The molecule has 0 aliphatic heterocycles. The highest BCUT2D eigenvalue weighted by atomic mass is 35.5. The van der Waals surface area contributed by atoms with Crippen LogP contribution in [0.4, 0.5) is 0 Å². The highest BCUT2D eigenvalue weighted by molar-refractivity contribution is 6.32. The van der Waals surface area contributed by atoms with E-state index in [-0.39, 0.29) is 16.5 Å². The SMILES string of the molecule is N#CCCCOc1ccc(-c2c[nH]nc2-c2cc(Cl)c(O)cc2O)cc1OCCCC#N. The molecular weight excluding hydrogens is 432 g/mol. The van der Waals surface area contributed by atoms with Gasteiger partial charge in [-0.3, -0.25) is 5.10 Å². The number of aromatic nitrogens is 2. The number of hydrogen-bond donors (Lipinski definition) is 3. The van der Waals surface area contributed by atoms with Gasteiger partial charge in [0.05, 0.1) is 30.4 Å². The Bertz CT molecular complexity index is 1160. The smallest absolute Gasteiger partial charge is 0.161 e. The van der Waals surface area contributed by atoms with Crippen molar-refractivity contribution in [2.24, 2.45) is 0 Å². The average molecular weight is 453 g/mol. The predicted octanol–water partition coefficient (Wildman–Crippen LogP) is 5.17.